The van der Waals surface area contributed by atoms with E-state index in [0.29, 0.717) is 22.8 Å². The van der Waals surface area contributed by atoms with E-state index in [1.807, 2.05) is 12.1 Å². The third kappa shape index (κ3) is 2.40. The van der Waals surface area contributed by atoms with Crippen LogP contribution in [0.1, 0.15) is 5.56 Å². The van der Waals surface area contributed by atoms with E-state index in [0.717, 1.165) is 5.56 Å². The van der Waals surface area contributed by atoms with Crippen molar-refractivity contribution in [1.29, 1.82) is 0 Å². The lowest BCUT2D eigenvalue weighted by atomic mass is 10.1. The molecule has 0 amide bonds. The van der Waals surface area contributed by atoms with E-state index in [-0.39, 0.29) is 12.2 Å². The van der Waals surface area contributed by atoms with Crippen LogP contribution in [0.3, 0.4) is 0 Å². The minimum atomic E-state index is -0.271. The van der Waals surface area contributed by atoms with E-state index < -0.39 is 0 Å². The van der Waals surface area contributed by atoms with Crippen LogP contribution in [0.2, 0.25) is 0 Å². The van der Waals surface area contributed by atoms with Crippen LogP contribution in [-0.4, -0.2) is 23.9 Å². The van der Waals surface area contributed by atoms with Gasteiger partial charge in [0.15, 0.2) is 0 Å². The number of hydrogen-bond acceptors (Lipinski definition) is 4. The SMILES string of the molecule is COc1ccc(-c2ccc(CO)c(=O)n2C)c(OC)c1. The second-order valence-electron chi connectivity index (χ2n) is 4.33. The Morgan fingerprint density at radius 3 is 2.50 bits per heavy atom. The maximum Gasteiger partial charge on any atom is 0.256 e. The zero-order valence-electron chi connectivity index (χ0n) is 11.7. The van der Waals surface area contributed by atoms with E-state index in [1.165, 1.54) is 4.57 Å². The summed E-state index contributed by atoms with van der Waals surface area (Å²) in [6.07, 6.45) is 0. The summed E-state index contributed by atoms with van der Waals surface area (Å²) in [4.78, 5) is 12.1. The van der Waals surface area contributed by atoms with E-state index in [2.05, 4.69) is 0 Å². The molecule has 0 atom stereocenters. The fraction of sp³-hybridized carbons (Fsp3) is 0.267. The van der Waals surface area contributed by atoms with E-state index in [9.17, 15) is 4.79 Å². The van der Waals surface area contributed by atoms with Crippen molar-refractivity contribution in [3.05, 3.63) is 46.2 Å². The number of hydrogen-bond donors (Lipinski definition) is 1. The molecule has 1 aromatic heterocycles. The van der Waals surface area contributed by atoms with Gasteiger partial charge in [-0.25, -0.2) is 0 Å². The molecule has 0 aliphatic heterocycles. The summed E-state index contributed by atoms with van der Waals surface area (Å²) in [5.41, 5.74) is 1.65. The number of aliphatic hydroxyl groups is 1. The zero-order chi connectivity index (χ0) is 14.7. The zero-order valence-corrected chi connectivity index (χ0v) is 11.7. The summed E-state index contributed by atoms with van der Waals surface area (Å²) >= 11 is 0. The Morgan fingerprint density at radius 2 is 1.90 bits per heavy atom. The number of aliphatic hydroxyl groups excluding tert-OH is 1. The van der Waals surface area contributed by atoms with Crippen LogP contribution >= 0.6 is 0 Å². The number of methoxy groups -OCH3 is 2. The molecule has 2 rings (SSSR count). The third-order valence-electron chi connectivity index (χ3n) is 3.24. The Labute approximate surface area is 117 Å². The van der Waals surface area contributed by atoms with Crippen molar-refractivity contribution in [3.63, 3.8) is 0 Å². The lowest BCUT2D eigenvalue weighted by molar-refractivity contribution is 0.279. The van der Waals surface area contributed by atoms with Gasteiger partial charge in [0.25, 0.3) is 5.56 Å². The minimum Gasteiger partial charge on any atom is -0.497 e. The highest BCUT2D eigenvalue weighted by atomic mass is 16.5. The topological polar surface area (TPSA) is 60.7 Å². The molecule has 0 aliphatic rings. The minimum absolute atomic E-state index is 0.220. The van der Waals surface area contributed by atoms with Gasteiger partial charge in [0.05, 0.1) is 26.5 Å². The molecule has 0 fully saturated rings. The average molecular weight is 275 g/mol. The first-order valence-corrected chi connectivity index (χ1v) is 6.14. The third-order valence-corrected chi connectivity index (χ3v) is 3.24. The first-order chi connectivity index (χ1) is 9.62. The highest BCUT2D eigenvalue weighted by Gasteiger charge is 2.12. The van der Waals surface area contributed by atoms with E-state index in [4.69, 9.17) is 14.6 Å². The molecule has 1 aromatic carbocycles. The Bertz CT molecular complexity index is 676. The number of ether oxygens (including phenoxy) is 2. The molecule has 106 valence electrons. The summed E-state index contributed by atoms with van der Waals surface area (Å²) in [6, 6.07) is 8.83. The molecular weight excluding hydrogens is 258 g/mol. The lowest BCUT2D eigenvalue weighted by Crippen LogP contribution is -2.22. The van der Waals surface area contributed by atoms with Gasteiger partial charge < -0.3 is 19.1 Å². The molecule has 1 heterocycles. The largest absolute Gasteiger partial charge is 0.497 e. The number of rotatable bonds is 4. The lowest BCUT2D eigenvalue weighted by Gasteiger charge is -2.14. The Balaban J connectivity index is 2.63. The number of aromatic nitrogens is 1. The number of benzene rings is 1. The summed E-state index contributed by atoms with van der Waals surface area (Å²) < 4.78 is 12.0. The fourth-order valence-corrected chi connectivity index (χ4v) is 2.09. The molecule has 5 nitrogen and oxygen atoms in total. The molecule has 20 heavy (non-hydrogen) atoms. The van der Waals surface area contributed by atoms with Crippen molar-refractivity contribution >= 4 is 0 Å². The molecule has 2 aromatic rings. The summed E-state index contributed by atoms with van der Waals surface area (Å²) in [7, 11) is 4.82. The fourth-order valence-electron chi connectivity index (χ4n) is 2.09. The van der Waals surface area contributed by atoms with Crippen LogP contribution in [0.15, 0.2) is 35.1 Å². The number of nitrogens with zero attached hydrogens (tertiary/aromatic N) is 1. The molecule has 0 saturated heterocycles. The second kappa shape index (κ2) is 5.79. The van der Waals surface area contributed by atoms with Gasteiger partial charge >= 0.3 is 0 Å². The summed E-state index contributed by atoms with van der Waals surface area (Å²) in [6.45, 7) is -0.271. The molecule has 1 N–H and O–H groups in total. The number of pyridine rings is 1. The maximum absolute atomic E-state index is 12.1. The maximum atomic E-state index is 12.1. The summed E-state index contributed by atoms with van der Waals surface area (Å²) in [5.74, 6) is 1.30. The molecule has 5 heteroatoms. The van der Waals surface area contributed by atoms with E-state index >= 15 is 0 Å². The van der Waals surface area contributed by atoms with Crippen LogP contribution in [0.5, 0.6) is 11.5 Å². The van der Waals surface area contributed by atoms with Crippen LogP contribution in [0, 0.1) is 0 Å². The average Bonchev–Trinajstić information content (AvgIpc) is 2.49. The Hall–Kier alpha value is -2.27. The first-order valence-electron chi connectivity index (χ1n) is 6.14. The van der Waals surface area contributed by atoms with Crippen molar-refractivity contribution in [2.45, 2.75) is 6.61 Å². The molecular formula is C15H17NO4. The highest BCUT2D eigenvalue weighted by Crippen LogP contribution is 2.32. The molecule has 0 saturated carbocycles. The monoisotopic (exact) mass is 275 g/mol. The van der Waals surface area contributed by atoms with Gasteiger partial charge in [-0.3, -0.25) is 4.79 Å². The van der Waals surface area contributed by atoms with Gasteiger partial charge in [0, 0.05) is 24.2 Å². The van der Waals surface area contributed by atoms with Crippen LogP contribution in [0.4, 0.5) is 0 Å². The molecule has 0 radical (unpaired) electrons. The van der Waals surface area contributed by atoms with Crippen LogP contribution in [0.25, 0.3) is 11.3 Å². The van der Waals surface area contributed by atoms with Crippen molar-refractivity contribution < 1.29 is 14.6 Å². The van der Waals surface area contributed by atoms with E-state index in [1.54, 1.807) is 39.5 Å². The Morgan fingerprint density at radius 1 is 1.15 bits per heavy atom. The van der Waals surface area contributed by atoms with Crippen molar-refractivity contribution in [2.75, 3.05) is 14.2 Å². The molecule has 0 bridgehead atoms. The Kier molecular flexibility index (Phi) is 4.10. The smallest absolute Gasteiger partial charge is 0.256 e. The van der Waals surface area contributed by atoms with Gasteiger partial charge in [-0.2, -0.15) is 0 Å². The highest BCUT2D eigenvalue weighted by molar-refractivity contribution is 5.69. The first kappa shape index (κ1) is 14.1. The summed E-state index contributed by atoms with van der Waals surface area (Å²) in [5, 5.41) is 9.12. The van der Waals surface area contributed by atoms with Crippen molar-refractivity contribution in [3.8, 4) is 22.8 Å². The van der Waals surface area contributed by atoms with Crippen LogP contribution in [-0.2, 0) is 13.7 Å². The standard InChI is InChI=1S/C15H17NO4/c1-16-13(7-4-10(9-17)15(16)18)12-6-5-11(19-2)8-14(12)20-3/h4-8,17H,9H2,1-3H3. The van der Waals surface area contributed by atoms with Crippen LogP contribution < -0.4 is 15.0 Å². The van der Waals surface area contributed by atoms with Gasteiger partial charge in [0.1, 0.15) is 11.5 Å². The van der Waals surface area contributed by atoms with Gasteiger partial charge in [0.2, 0.25) is 0 Å². The van der Waals surface area contributed by atoms with Gasteiger partial charge in [-0.15, -0.1) is 0 Å². The second-order valence-corrected chi connectivity index (χ2v) is 4.33. The van der Waals surface area contributed by atoms with Crippen molar-refractivity contribution in [2.24, 2.45) is 7.05 Å². The quantitative estimate of drug-likeness (QED) is 0.920. The predicted molar refractivity (Wildman–Crippen MR) is 76.1 cm³/mol. The molecule has 0 unspecified atom stereocenters. The van der Waals surface area contributed by atoms with Gasteiger partial charge in [-0.05, 0) is 24.3 Å². The van der Waals surface area contributed by atoms with Gasteiger partial charge in [-0.1, -0.05) is 0 Å². The van der Waals surface area contributed by atoms with Crippen molar-refractivity contribution in [1.82, 2.24) is 4.57 Å². The normalized spacial score (nSPS) is 10.4. The predicted octanol–water partition coefficient (Wildman–Crippen LogP) is 1.56. The molecule has 0 spiro atoms. The molecule has 0 aliphatic carbocycles.